The zero-order valence-corrected chi connectivity index (χ0v) is 11.0. The van der Waals surface area contributed by atoms with Crippen LogP contribution < -0.4 is 0 Å². The van der Waals surface area contributed by atoms with E-state index in [1.165, 1.54) is 0 Å². The van der Waals surface area contributed by atoms with Gasteiger partial charge in [0.2, 0.25) is 0 Å². The first-order valence-electron chi connectivity index (χ1n) is 5.23. The lowest BCUT2D eigenvalue weighted by atomic mass is 10.3. The van der Waals surface area contributed by atoms with E-state index in [1.807, 2.05) is 41.5 Å². The Balaban J connectivity index is -0.0000000181. The minimum atomic E-state index is 0.833. The highest BCUT2D eigenvalue weighted by Gasteiger charge is 1.68. The highest BCUT2D eigenvalue weighted by atomic mass is 13.7. The monoisotopic (exact) mass is 176 g/mol. The molecule has 0 aliphatic carbocycles. The molecular formula is C12H32. The molecule has 0 aliphatic heterocycles. The summed E-state index contributed by atoms with van der Waals surface area (Å²) >= 11 is 0. The number of rotatable bonds is 0. The Kier molecular flexibility index (Phi) is 337. The second-order valence-corrected chi connectivity index (χ2v) is 1.73. The van der Waals surface area contributed by atoms with Crippen molar-refractivity contribution in [3.8, 4) is 0 Å². The average Bonchev–Trinajstić information content (AvgIpc) is 2.16. The molecule has 0 unspecified atom stereocenters. The van der Waals surface area contributed by atoms with Crippen LogP contribution in [0.2, 0.25) is 0 Å². The molecule has 0 aromatic carbocycles. The minimum absolute atomic E-state index is 0.833. The lowest BCUT2D eigenvalue weighted by Crippen LogP contribution is -1.66. The van der Waals surface area contributed by atoms with Crippen LogP contribution in [0.4, 0.5) is 0 Å². The molecule has 12 heavy (non-hydrogen) atoms. The van der Waals surface area contributed by atoms with E-state index >= 15 is 0 Å². The highest BCUT2D eigenvalue weighted by molar-refractivity contribution is 4.22. The van der Waals surface area contributed by atoms with Crippen molar-refractivity contribution in [1.82, 2.24) is 0 Å². The Hall–Kier alpha value is -0.260. The summed E-state index contributed by atoms with van der Waals surface area (Å²) in [5.74, 6) is 0.833. The fraction of sp³-hybridized carbons (Fsp3) is 0.833. The Labute approximate surface area is 82.1 Å². The molecule has 0 aromatic heterocycles. The van der Waals surface area contributed by atoms with Crippen LogP contribution in [0.15, 0.2) is 13.2 Å². The van der Waals surface area contributed by atoms with Crippen molar-refractivity contribution in [1.29, 1.82) is 0 Å². The van der Waals surface area contributed by atoms with Gasteiger partial charge in [-0.05, 0) is 5.92 Å². The summed E-state index contributed by atoms with van der Waals surface area (Å²) in [4.78, 5) is 0. The molecular weight excluding hydrogens is 144 g/mol. The van der Waals surface area contributed by atoms with E-state index < -0.39 is 0 Å². The zero-order valence-electron chi connectivity index (χ0n) is 11.0. The maximum absolute atomic E-state index is 3.00. The van der Waals surface area contributed by atoms with Crippen LogP contribution in [0.3, 0.4) is 0 Å². The van der Waals surface area contributed by atoms with Gasteiger partial charge in [-0.1, -0.05) is 62.3 Å². The Bertz CT molecular complexity index is 11.2. The van der Waals surface area contributed by atoms with Gasteiger partial charge in [0.25, 0.3) is 0 Å². The topological polar surface area (TPSA) is 0 Å². The van der Waals surface area contributed by atoms with Crippen molar-refractivity contribution >= 4 is 0 Å². The van der Waals surface area contributed by atoms with Gasteiger partial charge in [-0.2, -0.15) is 0 Å². The Morgan fingerprint density at radius 3 is 0.583 bits per heavy atom. The predicted octanol–water partition coefficient (Wildman–Crippen LogP) is 5.54. The molecule has 0 heterocycles. The summed E-state index contributed by atoms with van der Waals surface area (Å²) in [5.41, 5.74) is 0. The highest BCUT2D eigenvalue weighted by Crippen LogP contribution is 1.81. The number of hydrogen-bond acceptors (Lipinski definition) is 0. The molecule has 0 rings (SSSR count). The lowest BCUT2D eigenvalue weighted by Gasteiger charge is -1.79. The molecule has 0 radical (unpaired) electrons. The predicted molar refractivity (Wildman–Crippen MR) is 65.8 cm³/mol. The maximum Gasteiger partial charge on any atom is -0.0500 e. The molecule has 0 aliphatic rings. The van der Waals surface area contributed by atoms with Gasteiger partial charge in [-0.3, -0.25) is 0 Å². The summed E-state index contributed by atoms with van der Waals surface area (Å²) in [6, 6.07) is 0. The van der Waals surface area contributed by atoms with Crippen molar-refractivity contribution in [2.45, 2.75) is 62.3 Å². The van der Waals surface area contributed by atoms with E-state index in [9.17, 15) is 0 Å². The summed E-state index contributed by atoms with van der Waals surface area (Å²) < 4.78 is 0. The minimum Gasteiger partial charge on any atom is -0.106 e. The molecule has 0 N–H and O–H groups in total. The zero-order chi connectivity index (χ0) is 11.6. The molecule has 0 saturated heterocycles. The SMILES string of the molecule is C=C.CC.CC.CC.CC(C)C. The van der Waals surface area contributed by atoms with Gasteiger partial charge in [-0.25, -0.2) is 0 Å². The smallest absolute Gasteiger partial charge is 0.0500 e. The third-order valence-electron chi connectivity index (χ3n) is 0. The quantitative estimate of drug-likeness (QED) is 0.425. The molecule has 0 heteroatoms. The van der Waals surface area contributed by atoms with E-state index in [-0.39, 0.29) is 0 Å². The first-order chi connectivity index (χ1) is 5.73. The Morgan fingerprint density at radius 2 is 0.583 bits per heavy atom. The molecule has 0 spiro atoms. The first kappa shape index (κ1) is 29.8. The van der Waals surface area contributed by atoms with Crippen LogP contribution in [-0.4, -0.2) is 0 Å². The second-order valence-electron chi connectivity index (χ2n) is 1.73. The van der Waals surface area contributed by atoms with Gasteiger partial charge in [0.15, 0.2) is 0 Å². The Morgan fingerprint density at radius 1 is 0.583 bits per heavy atom. The average molecular weight is 176 g/mol. The third-order valence-corrected chi connectivity index (χ3v) is 0. The first-order valence-corrected chi connectivity index (χ1v) is 5.23. The molecule has 0 atom stereocenters. The van der Waals surface area contributed by atoms with Crippen molar-refractivity contribution < 1.29 is 0 Å². The summed E-state index contributed by atoms with van der Waals surface area (Å²) in [6.07, 6.45) is 0. The van der Waals surface area contributed by atoms with E-state index in [1.54, 1.807) is 0 Å². The number of hydrogen-bond donors (Lipinski definition) is 0. The van der Waals surface area contributed by atoms with Crippen molar-refractivity contribution in [2.24, 2.45) is 5.92 Å². The van der Waals surface area contributed by atoms with Crippen LogP contribution in [0.5, 0.6) is 0 Å². The van der Waals surface area contributed by atoms with Crippen LogP contribution in [0, 0.1) is 5.92 Å². The molecule has 0 nitrogen and oxygen atoms in total. The largest absolute Gasteiger partial charge is 0.106 e. The van der Waals surface area contributed by atoms with Crippen molar-refractivity contribution in [2.75, 3.05) is 0 Å². The van der Waals surface area contributed by atoms with E-state index in [4.69, 9.17) is 0 Å². The van der Waals surface area contributed by atoms with Gasteiger partial charge < -0.3 is 0 Å². The van der Waals surface area contributed by atoms with Crippen LogP contribution >= 0.6 is 0 Å². The van der Waals surface area contributed by atoms with Crippen LogP contribution in [0.1, 0.15) is 62.3 Å². The summed E-state index contributed by atoms with van der Waals surface area (Å²) in [5, 5.41) is 0. The standard InChI is InChI=1S/C4H10.3C2H6.C2H4/c1-4(2)3;4*1-2/h4H,1-3H3;3*1-2H3;1-2H2. The van der Waals surface area contributed by atoms with E-state index in [2.05, 4.69) is 33.9 Å². The summed E-state index contributed by atoms with van der Waals surface area (Å²) in [6.45, 7) is 24.5. The summed E-state index contributed by atoms with van der Waals surface area (Å²) in [7, 11) is 0. The third kappa shape index (κ3) is 11000. The van der Waals surface area contributed by atoms with Gasteiger partial charge >= 0.3 is 0 Å². The van der Waals surface area contributed by atoms with Gasteiger partial charge in [0.05, 0.1) is 0 Å². The van der Waals surface area contributed by atoms with Gasteiger partial charge in [0, 0.05) is 0 Å². The molecule has 0 amide bonds. The van der Waals surface area contributed by atoms with Crippen LogP contribution in [-0.2, 0) is 0 Å². The van der Waals surface area contributed by atoms with Crippen molar-refractivity contribution in [3.05, 3.63) is 13.2 Å². The van der Waals surface area contributed by atoms with E-state index in [0.717, 1.165) is 5.92 Å². The lowest BCUT2D eigenvalue weighted by molar-refractivity contribution is 0.737. The molecule has 0 saturated carbocycles. The van der Waals surface area contributed by atoms with E-state index in [0.29, 0.717) is 0 Å². The maximum atomic E-state index is 3.00. The fourth-order valence-electron chi connectivity index (χ4n) is 0. The fourth-order valence-corrected chi connectivity index (χ4v) is 0. The van der Waals surface area contributed by atoms with Crippen LogP contribution in [0.25, 0.3) is 0 Å². The van der Waals surface area contributed by atoms with Gasteiger partial charge in [0.1, 0.15) is 0 Å². The molecule has 80 valence electrons. The van der Waals surface area contributed by atoms with Gasteiger partial charge in [-0.15, -0.1) is 13.2 Å². The normalized spacial score (nSPS) is 4.83. The molecule has 0 aromatic rings. The molecule has 0 fully saturated rings. The second kappa shape index (κ2) is 136. The van der Waals surface area contributed by atoms with Crippen molar-refractivity contribution in [3.63, 3.8) is 0 Å². The molecule has 0 bridgehead atoms.